The zero-order chi connectivity index (χ0) is 25.3. The molecule has 0 spiro atoms. The first-order valence-electron chi connectivity index (χ1n) is 10.3. The van der Waals surface area contributed by atoms with E-state index in [1.54, 1.807) is 63.2 Å². The van der Waals surface area contributed by atoms with Gasteiger partial charge in [-0.2, -0.15) is 0 Å². The molecule has 0 saturated carbocycles. The molecule has 0 saturated heterocycles. The Morgan fingerprint density at radius 1 is 1.18 bits per heavy atom. The van der Waals surface area contributed by atoms with E-state index in [-0.39, 0.29) is 12.3 Å². The van der Waals surface area contributed by atoms with Crippen molar-refractivity contribution in [2.75, 3.05) is 12.4 Å². The molecule has 0 fully saturated rings. The number of hydrazine groups is 1. The lowest BCUT2D eigenvalue weighted by molar-refractivity contribution is -0.139. The molecular weight excluding hydrogens is 442 g/mol. The van der Waals surface area contributed by atoms with E-state index in [0.717, 1.165) is 0 Å². The molecule has 0 aliphatic rings. The van der Waals surface area contributed by atoms with Crippen molar-refractivity contribution in [3.05, 3.63) is 53.6 Å². The van der Waals surface area contributed by atoms with E-state index in [2.05, 4.69) is 21.1 Å². The van der Waals surface area contributed by atoms with Crippen LogP contribution in [0.25, 0.3) is 0 Å². The second-order valence-corrected chi connectivity index (χ2v) is 8.20. The average molecular weight is 472 g/mol. The van der Waals surface area contributed by atoms with E-state index < -0.39 is 23.7 Å². The predicted octanol–water partition coefficient (Wildman–Crippen LogP) is 2.59. The Morgan fingerprint density at radius 3 is 2.53 bits per heavy atom. The quantitative estimate of drug-likeness (QED) is 0.161. The predicted molar refractivity (Wildman–Crippen MR) is 127 cm³/mol. The lowest BCUT2D eigenvalue weighted by Crippen LogP contribution is -2.44. The Bertz CT molecular complexity index is 1060. The SMILES string of the molecule is COc1cc(NC(=O)c2cccc(N=CNN)c2)ccc1CC(NC(=O)OC(C)(C)C)C(=O)O. The van der Waals surface area contributed by atoms with Crippen molar-refractivity contribution in [1.29, 1.82) is 0 Å². The number of hydrogen-bond acceptors (Lipinski definition) is 7. The van der Waals surface area contributed by atoms with Crippen LogP contribution in [0.15, 0.2) is 47.5 Å². The van der Waals surface area contributed by atoms with Gasteiger partial charge >= 0.3 is 12.1 Å². The summed E-state index contributed by atoms with van der Waals surface area (Å²) >= 11 is 0. The summed E-state index contributed by atoms with van der Waals surface area (Å²) in [5.74, 6) is 3.91. The van der Waals surface area contributed by atoms with Gasteiger partial charge in [-0.1, -0.05) is 12.1 Å². The van der Waals surface area contributed by atoms with Crippen LogP contribution in [0.2, 0.25) is 0 Å². The third-order valence-electron chi connectivity index (χ3n) is 4.35. The van der Waals surface area contributed by atoms with E-state index in [9.17, 15) is 19.5 Å². The van der Waals surface area contributed by atoms with Gasteiger partial charge < -0.3 is 30.6 Å². The van der Waals surface area contributed by atoms with Crippen molar-refractivity contribution in [2.24, 2.45) is 10.8 Å². The molecule has 2 aromatic rings. The van der Waals surface area contributed by atoms with Crippen LogP contribution in [0, 0.1) is 0 Å². The van der Waals surface area contributed by atoms with Gasteiger partial charge in [-0.15, -0.1) is 0 Å². The summed E-state index contributed by atoms with van der Waals surface area (Å²) in [4.78, 5) is 40.4. The first-order valence-corrected chi connectivity index (χ1v) is 10.3. The second kappa shape index (κ2) is 11.7. The van der Waals surface area contributed by atoms with E-state index in [1.807, 2.05) is 0 Å². The third-order valence-corrected chi connectivity index (χ3v) is 4.35. The molecule has 11 nitrogen and oxygen atoms in total. The number of carboxylic acids is 1. The van der Waals surface area contributed by atoms with Gasteiger partial charge in [-0.05, 0) is 50.6 Å². The molecule has 182 valence electrons. The Kier molecular flexibility index (Phi) is 8.96. The fourth-order valence-electron chi connectivity index (χ4n) is 2.90. The van der Waals surface area contributed by atoms with Crippen LogP contribution in [-0.2, 0) is 16.0 Å². The summed E-state index contributed by atoms with van der Waals surface area (Å²) in [6, 6.07) is 10.2. The molecule has 2 amide bonds. The Morgan fingerprint density at radius 2 is 1.91 bits per heavy atom. The number of carbonyl (C=O) groups is 3. The van der Waals surface area contributed by atoms with Crippen molar-refractivity contribution in [3.63, 3.8) is 0 Å². The molecule has 6 N–H and O–H groups in total. The van der Waals surface area contributed by atoms with Crippen LogP contribution in [-0.4, -0.2) is 48.2 Å². The van der Waals surface area contributed by atoms with Crippen LogP contribution >= 0.6 is 0 Å². The molecule has 2 aromatic carbocycles. The zero-order valence-corrected chi connectivity index (χ0v) is 19.4. The Labute approximate surface area is 197 Å². The van der Waals surface area contributed by atoms with Crippen molar-refractivity contribution in [2.45, 2.75) is 38.8 Å². The number of carbonyl (C=O) groups excluding carboxylic acids is 2. The van der Waals surface area contributed by atoms with Crippen molar-refractivity contribution >= 4 is 35.7 Å². The summed E-state index contributed by atoms with van der Waals surface area (Å²) in [6.07, 6.45) is 0.403. The number of nitrogens with two attached hydrogens (primary N) is 1. The highest BCUT2D eigenvalue weighted by molar-refractivity contribution is 6.04. The summed E-state index contributed by atoms with van der Waals surface area (Å²) in [5.41, 5.74) is 3.40. The number of anilines is 1. The zero-order valence-electron chi connectivity index (χ0n) is 19.4. The fraction of sp³-hybridized carbons (Fsp3) is 0.304. The monoisotopic (exact) mass is 471 g/mol. The van der Waals surface area contributed by atoms with Gasteiger partial charge in [0, 0.05) is 23.7 Å². The molecule has 0 radical (unpaired) electrons. The highest BCUT2D eigenvalue weighted by Crippen LogP contribution is 2.25. The van der Waals surface area contributed by atoms with Gasteiger partial charge in [0.05, 0.1) is 12.8 Å². The summed E-state index contributed by atoms with van der Waals surface area (Å²) in [5, 5.41) is 14.6. The van der Waals surface area contributed by atoms with Crippen molar-refractivity contribution in [3.8, 4) is 5.75 Å². The summed E-state index contributed by atoms with van der Waals surface area (Å²) in [6.45, 7) is 5.04. The maximum Gasteiger partial charge on any atom is 0.408 e. The second-order valence-electron chi connectivity index (χ2n) is 8.20. The van der Waals surface area contributed by atoms with Gasteiger partial charge in [-0.25, -0.2) is 20.4 Å². The fourth-order valence-corrected chi connectivity index (χ4v) is 2.90. The van der Waals surface area contributed by atoms with Crippen LogP contribution in [0.5, 0.6) is 5.75 Å². The number of alkyl carbamates (subject to hydrolysis) is 1. The summed E-state index contributed by atoms with van der Waals surface area (Å²) in [7, 11) is 1.43. The molecule has 0 aliphatic carbocycles. The lowest BCUT2D eigenvalue weighted by atomic mass is 10.0. The number of aliphatic carboxylic acids is 1. The van der Waals surface area contributed by atoms with Gasteiger partial charge in [0.1, 0.15) is 23.7 Å². The topological polar surface area (TPSA) is 164 Å². The minimum absolute atomic E-state index is 0.0544. The van der Waals surface area contributed by atoms with E-state index in [1.165, 1.54) is 13.4 Å². The minimum Gasteiger partial charge on any atom is -0.496 e. The van der Waals surface area contributed by atoms with Crippen LogP contribution in [0.3, 0.4) is 0 Å². The highest BCUT2D eigenvalue weighted by Gasteiger charge is 2.25. The summed E-state index contributed by atoms with van der Waals surface area (Å²) < 4.78 is 10.5. The lowest BCUT2D eigenvalue weighted by Gasteiger charge is -2.22. The molecule has 0 aliphatic heterocycles. The number of benzene rings is 2. The molecule has 34 heavy (non-hydrogen) atoms. The van der Waals surface area contributed by atoms with Gasteiger partial charge in [0.2, 0.25) is 0 Å². The Balaban J connectivity index is 2.15. The number of aliphatic imine (C=N–C) groups is 1. The van der Waals surface area contributed by atoms with Crippen LogP contribution in [0.1, 0.15) is 36.7 Å². The van der Waals surface area contributed by atoms with Crippen molar-refractivity contribution < 1.29 is 29.0 Å². The number of rotatable bonds is 9. The number of nitrogens with zero attached hydrogens (tertiary/aromatic N) is 1. The largest absolute Gasteiger partial charge is 0.496 e. The number of methoxy groups -OCH3 is 1. The molecule has 0 bridgehead atoms. The molecular formula is C23H29N5O6. The Hall–Kier alpha value is -4.12. The molecule has 0 aromatic heterocycles. The highest BCUT2D eigenvalue weighted by atomic mass is 16.6. The number of ether oxygens (including phenoxy) is 2. The number of hydrogen-bond donors (Lipinski definition) is 5. The minimum atomic E-state index is -1.24. The molecule has 2 rings (SSSR count). The first-order chi connectivity index (χ1) is 16.0. The number of carboxylic acid groups (broad SMARTS) is 1. The smallest absolute Gasteiger partial charge is 0.408 e. The maximum absolute atomic E-state index is 12.6. The number of nitrogens with one attached hydrogen (secondary N) is 3. The van der Waals surface area contributed by atoms with Gasteiger partial charge in [0.15, 0.2) is 0 Å². The first kappa shape index (κ1) is 26.1. The van der Waals surface area contributed by atoms with Gasteiger partial charge in [0.25, 0.3) is 5.91 Å². The van der Waals surface area contributed by atoms with E-state index in [4.69, 9.17) is 15.3 Å². The normalized spacial score (nSPS) is 12.0. The average Bonchev–Trinajstić information content (AvgIpc) is 2.76. The maximum atomic E-state index is 12.6. The van der Waals surface area contributed by atoms with Crippen molar-refractivity contribution in [1.82, 2.24) is 10.7 Å². The molecule has 11 heteroatoms. The third kappa shape index (κ3) is 8.10. The molecule has 0 heterocycles. The van der Waals surface area contributed by atoms with E-state index >= 15 is 0 Å². The van der Waals surface area contributed by atoms with Crippen LogP contribution < -0.4 is 26.6 Å². The molecule has 1 atom stereocenters. The van der Waals surface area contributed by atoms with Crippen LogP contribution in [0.4, 0.5) is 16.2 Å². The van der Waals surface area contributed by atoms with E-state index in [0.29, 0.717) is 28.3 Å². The number of amides is 2. The standard InChI is InChI=1S/C23H29N5O6/c1-23(2,3)34-22(32)28-18(21(30)31)11-14-8-9-17(12-19(14)33-4)27-20(29)15-6-5-7-16(10-15)25-13-26-24/h5-10,12-13,18H,11,24H2,1-4H3,(H,25,26)(H,27,29)(H,28,32)(H,30,31). The molecule has 1 unspecified atom stereocenters. The van der Waals surface area contributed by atoms with Gasteiger partial charge in [-0.3, -0.25) is 4.79 Å².